The lowest BCUT2D eigenvalue weighted by Crippen LogP contribution is -2.26. The van der Waals surface area contributed by atoms with Gasteiger partial charge in [-0.05, 0) is 51.1 Å². The van der Waals surface area contributed by atoms with Crippen LogP contribution >= 0.6 is 11.8 Å². The molecule has 1 amide bonds. The van der Waals surface area contributed by atoms with E-state index in [0.29, 0.717) is 30.4 Å². The molecule has 0 aliphatic carbocycles. The number of hydrogen-bond acceptors (Lipinski definition) is 6. The molecule has 150 valence electrons. The first-order chi connectivity index (χ1) is 13.3. The molecule has 2 aromatic rings. The van der Waals surface area contributed by atoms with Crippen LogP contribution in [-0.2, 0) is 14.8 Å². The van der Waals surface area contributed by atoms with Crippen molar-refractivity contribution in [2.45, 2.75) is 35.8 Å². The summed E-state index contributed by atoms with van der Waals surface area (Å²) in [6.07, 6.45) is 0. The minimum absolute atomic E-state index is 0.0472. The summed E-state index contributed by atoms with van der Waals surface area (Å²) in [6, 6.07) is 9.65. The molecule has 1 aliphatic heterocycles. The zero-order valence-electron chi connectivity index (χ0n) is 15.8. The summed E-state index contributed by atoms with van der Waals surface area (Å²) in [7, 11) is -3.90. The second-order valence-corrected chi connectivity index (χ2v) is 9.10. The van der Waals surface area contributed by atoms with E-state index >= 15 is 0 Å². The third kappa shape index (κ3) is 4.36. The number of rotatable bonds is 7. The molecule has 0 aromatic heterocycles. The maximum Gasteiger partial charge on any atom is 0.262 e. The van der Waals surface area contributed by atoms with Gasteiger partial charge in [-0.3, -0.25) is 9.52 Å². The first-order valence-corrected chi connectivity index (χ1v) is 11.2. The number of benzene rings is 2. The molecular weight excluding hydrogens is 400 g/mol. The van der Waals surface area contributed by atoms with Crippen LogP contribution in [0.5, 0.6) is 11.5 Å². The number of thioether (sulfide) groups is 1. The Morgan fingerprint density at radius 3 is 2.57 bits per heavy atom. The Labute approximate surface area is 168 Å². The fourth-order valence-corrected chi connectivity index (χ4v) is 4.70. The average molecular weight is 423 g/mol. The summed E-state index contributed by atoms with van der Waals surface area (Å²) in [4.78, 5) is 12.8. The summed E-state index contributed by atoms with van der Waals surface area (Å²) in [5, 5.41) is 2.53. The number of ether oxygens (including phenoxy) is 2. The molecule has 0 fully saturated rings. The van der Waals surface area contributed by atoms with Crippen LogP contribution in [0.2, 0.25) is 0 Å². The molecule has 2 N–H and O–H groups in total. The molecule has 7 nitrogen and oxygen atoms in total. The fourth-order valence-electron chi connectivity index (χ4n) is 2.69. The molecule has 0 spiro atoms. The van der Waals surface area contributed by atoms with E-state index in [9.17, 15) is 13.2 Å². The lowest BCUT2D eigenvalue weighted by Gasteiger charge is -2.22. The van der Waals surface area contributed by atoms with Gasteiger partial charge in [0.15, 0.2) is 0 Å². The van der Waals surface area contributed by atoms with Gasteiger partial charge in [0.2, 0.25) is 5.91 Å². The molecule has 0 saturated heterocycles. The highest BCUT2D eigenvalue weighted by atomic mass is 32.2. The Kier molecular flexibility index (Phi) is 6.04. The van der Waals surface area contributed by atoms with E-state index in [0.717, 1.165) is 4.90 Å². The second-order valence-electron chi connectivity index (χ2n) is 6.04. The van der Waals surface area contributed by atoms with Crippen LogP contribution in [0, 0.1) is 0 Å². The minimum Gasteiger partial charge on any atom is -0.494 e. The number of hydrogen-bond donors (Lipinski definition) is 2. The van der Waals surface area contributed by atoms with Crippen molar-refractivity contribution in [2.75, 3.05) is 23.3 Å². The fraction of sp³-hybridized carbons (Fsp3) is 0.316. The molecule has 28 heavy (non-hydrogen) atoms. The molecule has 1 aliphatic rings. The van der Waals surface area contributed by atoms with Gasteiger partial charge < -0.3 is 14.8 Å². The molecule has 3 rings (SSSR count). The van der Waals surface area contributed by atoms with Crippen molar-refractivity contribution in [1.29, 1.82) is 0 Å². The van der Waals surface area contributed by atoms with E-state index in [-0.39, 0.29) is 21.7 Å². The molecule has 0 saturated carbocycles. The van der Waals surface area contributed by atoms with Crippen LogP contribution in [0.4, 0.5) is 11.4 Å². The largest absolute Gasteiger partial charge is 0.494 e. The van der Waals surface area contributed by atoms with Crippen LogP contribution < -0.4 is 19.5 Å². The smallest absolute Gasteiger partial charge is 0.262 e. The lowest BCUT2D eigenvalue weighted by atomic mass is 10.3. The van der Waals surface area contributed by atoms with Crippen molar-refractivity contribution >= 4 is 39.1 Å². The maximum atomic E-state index is 12.9. The number of fused-ring (bicyclic) bond motifs is 1. The van der Waals surface area contributed by atoms with Crippen molar-refractivity contribution < 1.29 is 22.7 Å². The maximum absolute atomic E-state index is 12.9. The van der Waals surface area contributed by atoms with Gasteiger partial charge in [-0.1, -0.05) is 0 Å². The van der Waals surface area contributed by atoms with Gasteiger partial charge in [0.1, 0.15) is 11.5 Å². The number of nitrogens with one attached hydrogen (secondary N) is 2. The normalized spacial score (nSPS) is 16.1. The zero-order valence-corrected chi connectivity index (χ0v) is 17.4. The number of carbonyl (C=O) groups excluding carboxylic acids is 1. The summed E-state index contributed by atoms with van der Waals surface area (Å²) in [5.41, 5.74) is 0.779. The van der Waals surface area contributed by atoms with Crippen LogP contribution in [-0.4, -0.2) is 32.8 Å². The summed E-state index contributed by atoms with van der Waals surface area (Å²) < 4.78 is 39.4. The highest BCUT2D eigenvalue weighted by Gasteiger charge is 2.25. The zero-order chi connectivity index (χ0) is 20.3. The Hall–Kier alpha value is -2.39. The molecule has 0 radical (unpaired) electrons. The lowest BCUT2D eigenvalue weighted by molar-refractivity contribution is -0.115. The Morgan fingerprint density at radius 2 is 1.86 bits per heavy atom. The van der Waals surface area contributed by atoms with E-state index in [1.807, 2.05) is 13.8 Å². The van der Waals surface area contributed by atoms with Gasteiger partial charge in [0.25, 0.3) is 10.0 Å². The molecule has 0 unspecified atom stereocenters. The van der Waals surface area contributed by atoms with Crippen molar-refractivity contribution in [2.24, 2.45) is 0 Å². The molecule has 1 heterocycles. The number of carbonyl (C=O) groups is 1. The van der Waals surface area contributed by atoms with Gasteiger partial charge in [-0.25, -0.2) is 8.42 Å². The first-order valence-electron chi connectivity index (χ1n) is 8.88. The summed E-state index contributed by atoms with van der Waals surface area (Å²) in [5.74, 6) is 0.792. The van der Waals surface area contributed by atoms with Crippen LogP contribution in [0.15, 0.2) is 46.2 Å². The monoisotopic (exact) mass is 422 g/mol. The number of sulfonamides is 1. The Morgan fingerprint density at radius 1 is 1.11 bits per heavy atom. The van der Waals surface area contributed by atoms with Crippen LogP contribution in [0.1, 0.15) is 20.8 Å². The standard InChI is InChI=1S/C19H22N2O5S2/c1-4-25-13-6-8-17(26-5-2)15(10-13)21-28(23,24)14-7-9-18-16(11-14)20-19(22)12(3)27-18/h6-12,21H,4-5H2,1-3H3,(H,20,22)/t12-/m0/s1. The highest BCUT2D eigenvalue weighted by Crippen LogP contribution is 2.37. The van der Waals surface area contributed by atoms with Crippen molar-refractivity contribution in [3.05, 3.63) is 36.4 Å². The summed E-state index contributed by atoms with van der Waals surface area (Å²) >= 11 is 1.40. The molecule has 1 atom stereocenters. The molecular formula is C19H22N2O5S2. The van der Waals surface area contributed by atoms with E-state index in [1.54, 1.807) is 31.2 Å². The van der Waals surface area contributed by atoms with E-state index < -0.39 is 10.0 Å². The minimum atomic E-state index is -3.90. The predicted octanol–water partition coefficient (Wildman–Crippen LogP) is 3.72. The van der Waals surface area contributed by atoms with Gasteiger partial charge in [-0.15, -0.1) is 11.8 Å². The number of amides is 1. The Bertz CT molecular complexity index is 992. The number of anilines is 2. The Balaban J connectivity index is 1.93. The predicted molar refractivity (Wildman–Crippen MR) is 110 cm³/mol. The molecule has 9 heteroatoms. The summed E-state index contributed by atoms with van der Waals surface area (Å²) in [6.45, 7) is 6.32. The van der Waals surface area contributed by atoms with Gasteiger partial charge in [0.05, 0.1) is 34.7 Å². The average Bonchev–Trinajstić information content (AvgIpc) is 2.64. The molecule has 2 aromatic carbocycles. The van der Waals surface area contributed by atoms with E-state index in [4.69, 9.17) is 9.47 Å². The van der Waals surface area contributed by atoms with Gasteiger partial charge in [-0.2, -0.15) is 0 Å². The van der Waals surface area contributed by atoms with E-state index in [2.05, 4.69) is 10.0 Å². The van der Waals surface area contributed by atoms with Crippen LogP contribution in [0.3, 0.4) is 0 Å². The van der Waals surface area contributed by atoms with Crippen molar-refractivity contribution in [3.8, 4) is 11.5 Å². The first kappa shape index (κ1) is 20.3. The third-order valence-corrected chi connectivity index (χ3v) is 6.54. The SMILES string of the molecule is CCOc1ccc(OCC)c(NS(=O)(=O)c2ccc3c(c2)NC(=O)[C@H](C)S3)c1. The van der Waals surface area contributed by atoms with Gasteiger partial charge in [0, 0.05) is 11.0 Å². The van der Waals surface area contributed by atoms with E-state index in [1.165, 1.54) is 23.9 Å². The topological polar surface area (TPSA) is 93.7 Å². The van der Waals surface area contributed by atoms with Crippen molar-refractivity contribution in [1.82, 2.24) is 0 Å². The molecule has 0 bridgehead atoms. The third-order valence-electron chi connectivity index (χ3n) is 4.00. The highest BCUT2D eigenvalue weighted by molar-refractivity contribution is 8.01. The second kappa shape index (κ2) is 8.32. The van der Waals surface area contributed by atoms with Gasteiger partial charge >= 0.3 is 0 Å². The van der Waals surface area contributed by atoms with Crippen molar-refractivity contribution in [3.63, 3.8) is 0 Å². The van der Waals surface area contributed by atoms with Crippen LogP contribution in [0.25, 0.3) is 0 Å². The quantitative estimate of drug-likeness (QED) is 0.706.